The molecule has 0 aromatic carbocycles. The van der Waals surface area contributed by atoms with Crippen molar-refractivity contribution >= 4 is 5.97 Å². The number of aliphatic carboxylic acids is 1. The summed E-state index contributed by atoms with van der Waals surface area (Å²) in [4.78, 5) is 10.9. The predicted molar refractivity (Wildman–Crippen MR) is 51.0 cm³/mol. The molecule has 1 heterocycles. The van der Waals surface area contributed by atoms with Crippen LogP contribution in [0.5, 0.6) is 0 Å². The van der Waals surface area contributed by atoms with Crippen molar-refractivity contribution in [1.29, 1.82) is 0 Å². The van der Waals surface area contributed by atoms with Crippen LogP contribution in [0.4, 0.5) is 0 Å². The highest BCUT2D eigenvalue weighted by molar-refractivity contribution is 5.72. The molecule has 0 spiro atoms. The molecule has 1 aromatic heterocycles. The largest absolute Gasteiger partial charge is 0.481 e. The van der Waals surface area contributed by atoms with E-state index in [2.05, 4.69) is 5.10 Å². The lowest BCUT2D eigenvalue weighted by Gasteiger charge is -2.33. The van der Waals surface area contributed by atoms with Crippen molar-refractivity contribution < 1.29 is 9.90 Å². The van der Waals surface area contributed by atoms with Gasteiger partial charge >= 0.3 is 5.97 Å². The molecule has 4 nitrogen and oxygen atoms in total. The maximum Gasteiger partial charge on any atom is 0.307 e. The van der Waals surface area contributed by atoms with Crippen LogP contribution in [0, 0.1) is 12.8 Å². The van der Waals surface area contributed by atoms with E-state index in [9.17, 15) is 4.79 Å². The smallest absolute Gasteiger partial charge is 0.307 e. The molecule has 0 amide bonds. The molecule has 1 fully saturated rings. The number of aromatic nitrogens is 2. The quantitative estimate of drug-likeness (QED) is 0.772. The lowest BCUT2D eigenvalue weighted by Crippen LogP contribution is -2.31. The molecule has 0 radical (unpaired) electrons. The van der Waals surface area contributed by atoms with Crippen molar-refractivity contribution in [1.82, 2.24) is 9.78 Å². The van der Waals surface area contributed by atoms with E-state index >= 15 is 0 Å². The van der Waals surface area contributed by atoms with E-state index in [0.29, 0.717) is 0 Å². The van der Waals surface area contributed by atoms with Crippen LogP contribution < -0.4 is 0 Å². The third-order valence-electron chi connectivity index (χ3n) is 3.04. The van der Waals surface area contributed by atoms with Gasteiger partial charge in [-0.2, -0.15) is 5.10 Å². The second kappa shape index (κ2) is 3.12. The van der Waals surface area contributed by atoms with Gasteiger partial charge in [0.05, 0.1) is 11.6 Å². The first-order valence-electron chi connectivity index (χ1n) is 4.82. The van der Waals surface area contributed by atoms with E-state index in [0.717, 1.165) is 24.1 Å². The Morgan fingerprint density at radius 3 is 2.71 bits per heavy atom. The molecule has 14 heavy (non-hydrogen) atoms. The summed E-state index contributed by atoms with van der Waals surface area (Å²) >= 11 is 0. The zero-order chi connectivity index (χ0) is 10.3. The van der Waals surface area contributed by atoms with Gasteiger partial charge in [0, 0.05) is 19.2 Å². The Labute approximate surface area is 82.5 Å². The average molecular weight is 194 g/mol. The molecule has 1 saturated carbocycles. The fourth-order valence-electron chi connectivity index (χ4n) is 2.15. The van der Waals surface area contributed by atoms with Gasteiger partial charge in [-0.1, -0.05) is 0 Å². The van der Waals surface area contributed by atoms with Gasteiger partial charge in [-0.3, -0.25) is 9.48 Å². The highest BCUT2D eigenvalue weighted by Gasteiger charge is 2.38. The normalized spacial score (nSPS) is 25.9. The van der Waals surface area contributed by atoms with E-state index in [-0.39, 0.29) is 11.8 Å². The molecule has 1 aliphatic carbocycles. The average Bonchev–Trinajstić information content (AvgIpc) is 2.27. The monoisotopic (exact) mass is 194 g/mol. The molecule has 1 N–H and O–H groups in total. The highest BCUT2D eigenvalue weighted by atomic mass is 16.4. The molecular formula is C10H14N2O2. The molecule has 1 aliphatic rings. The molecular weight excluding hydrogens is 180 g/mol. The van der Waals surface area contributed by atoms with Gasteiger partial charge in [-0.25, -0.2) is 0 Å². The Balaban J connectivity index is 2.24. The van der Waals surface area contributed by atoms with Gasteiger partial charge in [0.2, 0.25) is 0 Å². The molecule has 1 aromatic rings. The standard InChI is InChI=1S/C10H14N2O2/c1-6-9(5-12(2)11-6)7-3-4-8(7)10(13)14/h5,7-8H,3-4H2,1-2H3,(H,13,14). The van der Waals surface area contributed by atoms with Crippen molar-refractivity contribution in [2.24, 2.45) is 13.0 Å². The molecule has 0 bridgehead atoms. The number of aryl methyl sites for hydroxylation is 2. The molecule has 2 atom stereocenters. The summed E-state index contributed by atoms with van der Waals surface area (Å²) in [6.07, 6.45) is 3.72. The second-order valence-corrected chi connectivity index (χ2v) is 3.97. The maximum absolute atomic E-state index is 10.9. The summed E-state index contributed by atoms with van der Waals surface area (Å²) in [7, 11) is 1.87. The molecule has 2 rings (SSSR count). The van der Waals surface area contributed by atoms with Crippen LogP contribution in [-0.4, -0.2) is 20.9 Å². The van der Waals surface area contributed by atoms with Crippen molar-refractivity contribution in [2.45, 2.75) is 25.7 Å². The first kappa shape index (κ1) is 9.24. The first-order chi connectivity index (χ1) is 6.59. The minimum absolute atomic E-state index is 0.182. The Bertz CT molecular complexity index is 370. The van der Waals surface area contributed by atoms with E-state index in [1.165, 1.54) is 0 Å². The third-order valence-corrected chi connectivity index (χ3v) is 3.04. The van der Waals surface area contributed by atoms with Crippen LogP contribution in [0.15, 0.2) is 6.20 Å². The molecule has 0 aliphatic heterocycles. The summed E-state index contributed by atoms with van der Waals surface area (Å²) in [6, 6.07) is 0. The van der Waals surface area contributed by atoms with Crippen LogP contribution in [0.2, 0.25) is 0 Å². The Morgan fingerprint density at radius 1 is 1.64 bits per heavy atom. The van der Waals surface area contributed by atoms with Gasteiger partial charge < -0.3 is 5.11 Å². The Hall–Kier alpha value is -1.32. The third kappa shape index (κ3) is 1.31. The number of carboxylic acid groups (broad SMARTS) is 1. The second-order valence-electron chi connectivity index (χ2n) is 3.97. The Morgan fingerprint density at radius 2 is 2.36 bits per heavy atom. The lowest BCUT2D eigenvalue weighted by molar-refractivity contribution is -0.145. The summed E-state index contributed by atoms with van der Waals surface area (Å²) in [5, 5.41) is 13.2. The number of rotatable bonds is 2. The maximum atomic E-state index is 10.9. The Kier molecular flexibility index (Phi) is 2.06. The number of carbonyl (C=O) groups is 1. The number of hydrogen-bond donors (Lipinski definition) is 1. The van der Waals surface area contributed by atoms with Gasteiger partial charge in [0.25, 0.3) is 0 Å². The number of hydrogen-bond acceptors (Lipinski definition) is 2. The molecule has 2 unspecified atom stereocenters. The van der Waals surface area contributed by atoms with E-state index in [4.69, 9.17) is 5.11 Å². The minimum atomic E-state index is -0.676. The van der Waals surface area contributed by atoms with Gasteiger partial charge in [0.1, 0.15) is 0 Å². The topological polar surface area (TPSA) is 55.1 Å². The fraction of sp³-hybridized carbons (Fsp3) is 0.600. The SMILES string of the molecule is Cc1nn(C)cc1C1CCC1C(=O)O. The molecule has 0 saturated heterocycles. The molecule has 76 valence electrons. The lowest BCUT2D eigenvalue weighted by atomic mass is 9.70. The zero-order valence-corrected chi connectivity index (χ0v) is 8.40. The minimum Gasteiger partial charge on any atom is -0.481 e. The van der Waals surface area contributed by atoms with Gasteiger partial charge in [0.15, 0.2) is 0 Å². The molecule has 4 heteroatoms. The number of nitrogens with zero attached hydrogens (tertiary/aromatic N) is 2. The fourth-order valence-corrected chi connectivity index (χ4v) is 2.15. The van der Waals surface area contributed by atoms with E-state index in [1.807, 2.05) is 20.2 Å². The van der Waals surface area contributed by atoms with E-state index < -0.39 is 5.97 Å². The number of carboxylic acids is 1. The summed E-state index contributed by atoms with van der Waals surface area (Å²) < 4.78 is 1.75. The first-order valence-corrected chi connectivity index (χ1v) is 4.82. The van der Waals surface area contributed by atoms with E-state index in [1.54, 1.807) is 4.68 Å². The van der Waals surface area contributed by atoms with Crippen LogP contribution in [-0.2, 0) is 11.8 Å². The highest BCUT2D eigenvalue weighted by Crippen LogP contribution is 2.43. The van der Waals surface area contributed by atoms with Crippen molar-refractivity contribution in [2.75, 3.05) is 0 Å². The van der Waals surface area contributed by atoms with Crippen molar-refractivity contribution in [3.63, 3.8) is 0 Å². The van der Waals surface area contributed by atoms with Crippen LogP contribution in [0.3, 0.4) is 0 Å². The van der Waals surface area contributed by atoms with Crippen molar-refractivity contribution in [3.8, 4) is 0 Å². The van der Waals surface area contributed by atoms with Crippen molar-refractivity contribution in [3.05, 3.63) is 17.5 Å². The summed E-state index contributed by atoms with van der Waals surface area (Å²) in [5.74, 6) is -0.691. The summed E-state index contributed by atoms with van der Waals surface area (Å²) in [5.41, 5.74) is 2.06. The summed E-state index contributed by atoms with van der Waals surface area (Å²) in [6.45, 7) is 1.94. The zero-order valence-electron chi connectivity index (χ0n) is 8.40. The van der Waals surface area contributed by atoms with Crippen LogP contribution in [0.25, 0.3) is 0 Å². The predicted octanol–water partition coefficient (Wildman–Crippen LogP) is 1.31. The van der Waals surface area contributed by atoms with Gasteiger partial charge in [-0.15, -0.1) is 0 Å². The van der Waals surface area contributed by atoms with Crippen LogP contribution >= 0.6 is 0 Å². The van der Waals surface area contributed by atoms with Crippen LogP contribution in [0.1, 0.15) is 30.0 Å². The van der Waals surface area contributed by atoms with Gasteiger partial charge in [-0.05, 0) is 25.3 Å².